The highest BCUT2D eigenvalue weighted by atomic mass is 79.9. The van der Waals surface area contributed by atoms with E-state index in [1.807, 2.05) is 6.07 Å². The second-order valence-corrected chi connectivity index (χ2v) is 5.92. The lowest BCUT2D eigenvalue weighted by Gasteiger charge is -2.09. The van der Waals surface area contributed by atoms with Gasteiger partial charge in [0.05, 0.1) is 6.54 Å². The maximum Gasteiger partial charge on any atom is 0.269 e. The second-order valence-electron chi connectivity index (χ2n) is 5.01. The van der Waals surface area contributed by atoms with Crippen LogP contribution in [0.5, 0.6) is 0 Å². The van der Waals surface area contributed by atoms with Crippen molar-refractivity contribution in [3.8, 4) is 0 Å². The van der Waals surface area contributed by atoms with Gasteiger partial charge in [-0.15, -0.1) is 0 Å². The van der Waals surface area contributed by atoms with Crippen LogP contribution in [0.25, 0.3) is 0 Å². The van der Waals surface area contributed by atoms with Crippen LogP contribution >= 0.6 is 15.9 Å². The number of amides is 3. The minimum absolute atomic E-state index is 0.247. The molecular weight excluding hydrogens is 374 g/mol. The van der Waals surface area contributed by atoms with Crippen molar-refractivity contribution in [2.24, 2.45) is 0 Å². The molecule has 0 heterocycles. The second kappa shape index (κ2) is 8.26. The minimum atomic E-state index is -0.526. The van der Waals surface area contributed by atoms with Crippen LogP contribution in [0.3, 0.4) is 0 Å². The third-order valence-corrected chi connectivity index (χ3v) is 3.75. The lowest BCUT2D eigenvalue weighted by atomic mass is 10.1. The summed E-state index contributed by atoms with van der Waals surface area (Å²) >= 11 is 3.28. The fourth-order valence-electron chi connectivity index (χ4n) is 1.93. The summed E-state index contributed by atoms with van der Waals surface area (Å²) in [7, 11) is 0. The quantitative estimate of drug-likeness (QED) is 0.698. The number of rotatable bonds is 4. The topological polar surface area (TPSA) is 87.3 Å². The van der Waals surface area contributed by atoms with Crippen molar-refractivity contribution in [1.82, 2.24) is 16.2 Å². The van der Waals surface area contributed by atoms with E-state index in [4.69, 9.17) is 0 Å². The molecule has 2 aromatic rings. The number of benzene rings is 2. The molecule has 0 saturated heterocycles. The van der Waals surface area contributed by atoms with E-state index in [1.165, 1.54) is 0 Å². The number of aryl methyl sites for hydroxylation is 1. The van der Waals surface area contributed by atoms with Crippen LogP contribution in [-0.4, -0.2) is 24.3 Å². The van der Waals surface area contributed by atoms with Gasteiger partial charge >= 0.3 is 0 Å². The molecule has 0 aliphatic rings. The van der Waals surface area contributed by atoms with E-state index < -0.39 is 11.8 Å². The fourth-order valence-corrected chi connectivity index (χ4v) is 2.19. The number of nitrogens with one attached hydrogen (secondary N) is 3. The van der Waals surface area contributed by atoms with Gasteiger partial charge in [0.25, 0.3) is 17.7 Å². The summed E-state index contributed by atoms with van der Waals surface area (Å²) in [5.74, 6) is -1.31. The van der Waals surface area contributed by atoms with Crippen LogP contribution in [0.15, 0.2) is 53.0 Å². The predicted molar refractivity (Wildman–Crippen MR) is 93.3 cm³/mol. The monoisotopic (exact) mass is 389 g/mol. The van der Waals surface area contributed by atoms with Crippen molar-refractivity contribution in [3.63, 3.8) is 0 Å². The summed E-state index contributed by atoms with van der Waals surface area (Å²) in [6.45, 7) is 1.55. The molecule has 0 spiro atoms. The molecule has 24 heavy (non-hydrogen) atoms. The van der Waals surface area contributed by atoms with Gasteiger partial charge in [-0.1, -0.05) is 34.1 Å². The van der Waals surface area contributed by atoms with E-state index in [0.29, 0.717) is 11.1 Å². The van der Waals surface area contributed by atoms with Gasteiger partial charge in [-0.2, -0.15) is 0 Å². The van der Waals surface area contributed by atoms with Crippen LogP contribution in [-0.2, 0) is 4.79 Å². The summed E-state index contributed by atoms with van der Waals surface area (Å²) in [6, 6.07) is 13.8. The molecule has 0 fully saturated rings. The largest absolute Gasteiger partial charge is 0.343 e. The Kier molecular flexibility index (Phi) is 6.08. The van der Waals surface area contributed by atoms with Gasteiger partial charge in [0, 0.05) is 15.6 Å². The van der Waals surface area contributed by atoms with E-state index in [2.05, 4.69) is 32.1 Å². The summed E-state index contributed by atoms with van der Waals surface area (Å²) in [5, 5.41) is 2.48. The lowest BCUT2D eigenvalue weighted by Crippen LogP contribution is -2.46. The smallest absolute Gasteiger partial charge is 0.269 e. The predicted octanol–water partition coefficient (Wildman–Crippen LogP) is 1.95. The molecule has 0 radical (unpaired) electrons. The Balaban J connectivity index is 1.79. The number of carbonyl (C=O) groups is 3. The van der Waals surface area contributed by atoms with Gasteiger partial charge in [0.15, 0.2) is 0 Å². The Hall–Kier alpha value is -2.67. The van der Waals surface area contributed by atoms with Crippen LogP contribution in [0.1, 0.15) is 26.3 Å². The van der Waals surface area contributed by atoms with E-state index in [0.717, 1.165) is 10.0 Å². The number of carbonyl (C=O) groups excluding carboxylic acids is 3. The maximum atomic E-state index is 11.9. The number of hydrogen-bond donors (Lipinski definition) is 3. The molecular formula is C17H16BrN3O3. The first kappa shape index (κ1) is 17.7. The Labute approximate surface area is 147 Å². The van der Waals surface area contributed by atoms with Crippen molar-refractivity contribution in [1.29, 1.82) is 0 Å². The van der Waals surface area contributed by atoms with Crippen LogP contribution in [0, 0.1) is 6.92 Å². The van der Waals surface area contributed by atoms with E-state index >= 15 is 0 Å². The van der Waals surface area contributed by atoms with Crippen molar-refractivity contribution in [2.75, 3.05) is 6.54 Å². The molecule has 6 nitrogen and oxygen atoms in total. The molecule has 0 unspecified atom stereocenters. The molecule has 0 aliphatic carbocycles. The average Bonchev–Trinajstić information content (AvgIpc) is 2.58. The van der Waals surface area contributed by atoms with E-state index in [1.54, 1.807) is 49.4 Å². The molecule has 7 heteroatoms. The molecule has 0 aliphatic heterocycles. The van der Waals surface area contributed by atoms with E-state index in [-0.39, 0.29) is 12.5 Å². The zero-order valence-corrected chi connectivity index (χ0v) is 14.5. The maximum absolute atomic E-state index is 11.9. The standard InChI is InChI=1S/C17H16BrN3O3/c1-11-4-2-3-5-14(11)17(24)21-20-15(22)10-19-16(23)12-6-8-13(18)9-7-12/h2-9H,10H2,1H3,(H,19,23)(H,20,22)(H,21,24). The minimum Gasteiger partial charge on any atom is -0.343 e. The van der Waals surface area contributed by atoms with Crippen LogP contribution in [0.4, 0.5) is 0 Å². The van der Waals surface area contributed by atoms with Crippen LogP contribution in [0.2, 0.25) is 0 Å². The van der Waals surface area contributed by atoms with Crippen LogP contribution < -0.4 is 16.2 Å². The highest BCUT2D eigenvalue weighted by Gasteiger charge is 2.11. The Morgan fingerprint density at radius 2 is 1.58 bits per heavy atom. The Morgan fingerprint density at radius 1 is 0.917 bits per heavy atom. The van der Waals surface area contributed by atoms with Crippen molar-refractivity contribution >= 4 is 33.7 Å². The third-order valence-electron chi connectivity index (χ3n) is 3.22. The molecule has 0 bridgehead atoms. The zero-order valence-electron chi connectivity index (χ0n) is 12.9. The SMILES string of the molecule is Cc1ccccc1C(=O)NNC(=O)CNC(=O)c1ccc(Br)cc1. The fraction of sp³-hybridized carbons (Fsp3) is 0.118. The molecule has 0 atom stereocenters. The highest BCUT2D eigenvalue weighted by Crippen LogP contribution is 2.10. The summed E-state index contributed by atoms with van der Waals surface area (Å²) in [5.41, 5.74) is 6.29. The normalized spacial score (nSPS) is 9.92. The molecule has 3 N–H and O–H groups in total. The van der Waals surface area contributed by atoms with E-state index in [9.17, 15) is 14.4 Å². The summed E-state index contributed by atoms with van der Waals surface area (Å²) < 4.78 is 0.857. The molecule has 2 aromatic carbocycles. The molecule has 2 rings (SSSR count). The molecule has 3 amide bonds. The Morgan fingerprint density at radius 3 is 2.25 bits per heavy atom. The first-order valence-electron chi connectivity index (χ1n) is 7.16. The number of hydrazine groups is 1. The van der Waals surface area contributed by atoms with Gasteiger partial charge in [-0.3, -0.25) is 25.2 Å². The third kappa shape index (κ3) is 4.92. The van der Waals surface area contributed by atoms with Gasteiger partial charge in [-0.05, 0) is 42.8 Å². The first-order chi connectivity index (χ1) is 11.5. The number of hydrogen-bond acceptors (Lipinski definition) is 3. The summed E-state index contributed by atoms with van der Waals surface area (Å²) in [6.07, 6.45) is 0. The van der Waals surface area contributed by atoms with Gasteiger partial charge in [0.1, 0.15) is 0 Å². The Bertz CT molecular complexity index is 760. The van der Waals surface area contributed by atoms with Crippen molar-refractivity contribution < 1.29 is 14.4 Å². The summed E-state index contributed by atoms with van der Waals surface area (Å²) in [4.78, 5) is 35.5. The van der Waals surface area contributed by atoms with Crippen molar-refractivity contribution in [3.05, 3.63) is 69.7 Å². The average molecular weight is 390 g/mol. The lowest BCUT2D eigenvalue weighted by molar-refractivity contribution is -0.120. The molecule has 124 valence electrons. The first-order valence-corrected chi connectivity index (χ1v) is 7.95. The number of halogens is 1. The van der Waals surface area contributed by atoms with Crippen molar-refractivity contribution in [2.45, 2.75) is 6.92 Å². The zero-order chi connectivity index (χ0) is 17.5. The molecule has 0 aromatic heterocycles. The van der Waals surface area contributed by atoms with Gasteiger partial charge in [0.2, 0.25) is 0 Å². The molecule has 0 saturated carbocycles. The van der Waals surface area contributed by atoms with Gasteiger partial charge < -0.3 is 5.32 Å². The highest BCUT2D eigenvalue weighted by molar-refractivity contribution is 9.10. The van der Waals surface area contributed by atoms with Gasteiger partial charge in [-0.25, -0.2) is 0 Å².